The molecule has 0 bridgehead atoms. The number of halogens is 1. The second-order valence-corrected chi connectivity index (χ2v) is 6.27. The maximum Gasteiger partial charge on any atom is 0.191 e. The van der Waals surface area contributed by atoms with E-state index in [1.807, 2.05) is 0 Å². The molecule has 2 N–H and O–H groups in total. The van der Waals surface area contributed by atoms with E-state index in [4.69, 9.17) is 4.99 Å². The fourth-order valence-electron chi connectivity index (χ4n) is 2.81. The zero-order valence-corrected chi connectivity index (χ0v) is 15.5. The summed E-state index contributed by atoms with van der Waals surface area (Å²) in [7, 11) is 0. The lowest BCUT2D eigenvalue weighted by atomic mass is 10.0. The highest BCUT2D eigenvalue weighted by atomic mass is 127. The van der Waals surface area contributed by atoms with Crippen LogP contribution < -0.4 is 10.6 Å². The Bertz CT molecular complexity index is 308. The Morgan fingerprint density at radius 2 is 2.10 bits per heavy atom. The Hall–Kier alpha value is -0.0400. The lowest BCUT2D eigenvalue weighted by molar-refractivity contribution is 0.189. The summed E-state index contributed by atoms with van der Waals surface area (Å²) in [6.45, 7) is 12.2. The molecule has 1 aliphatic heterocycles. The maximum absolute atomic E-state index is 4.70. The molecule has 0 spiro atoms. The Labute approximate surface area is 141 Å². The van der Waals surface area contributed by atoms with E-state index in [-0.39, 0.29) is 24.0 Å². The number of rotatable bonds is 5. The average molecular weight is 394 g/mol. The summed E-state index contributed by atoms with van der Waals surface area (Å²) in [4.78, 5) is 7.26. The molecule has 4 nitrogen and oxygen atoms in total. The average Bonchev–Trinajstić information content (AvgIpc) is 3.05. The van der Waals surface area contributed by atoms with Crippen molar-refractivity contribution in [2.45, 2.75) is 46.1 Å². The number of nitrogens with zero attached hydrogens (tertiary/aromatic N) is 2. The van der Waals surface area contributed by atoms with Gasteiger partial charge in [0.1, 0.15) is 0 Å². The van der Waals surface area contributed by atoms with Gasteiger partial charge in [0.2, 0.25) is 0 Å². The van der Waals surface area contributed by atoms with Crippen molar-refractivity contribution >= 4 is 29.9 Å². The summed E-state index contributed by atoms with van der Waals surface area (Å²) in [6.07, 6.45) is 4.03. The number of hydrogen-bond acceptors (Lipinski definition) is 2. The van der Waals surface area contributed by atoms with E-state index in [1.54, 1.807) is 0 Å². The summed E-state index contributed by atoms with van der Waals surface area (Å²) < 4.78 is 0. The van der Waals surface area contributed by atoms with E-state index in [2.05, 4.69) is 36.3 Å². The second kappa shape index (κ2) is 9.07. The standard InChI is InChI=1S/C15H30N4.HI/c1-4-16-15(18-14-10-13(14)3)17-7-9-19-8-5-6-12(2)11-19;/h12-14H,4-11H2,1-3H3,(H2,16,17,18);1H. The normalized spacial score (nSPS) is 30.6. The van der Waals surface area contributed by atoms with Crippen LogP contribution in [0.4, 0.5) is 0 Å². The van der Waals surface area contributed by atoms with Crippen molar-refractivity contribution in [3.8, 4) is 0 Å². The van der Waals surface area contributed by atoms with Crippen LogP contribution >= 0.6 is 24.0 Å². The molecular formula is C15H31IN4. The Kier molecular flexibility index (Phi) is 8.17. The fourth-order valence-corrected chi connectivity index (χ4v) is 2.81. The summed E-state index contributed by atoms with van der Waals surface area (Å²) in [5.74, 6) is 2.67. The van der Waals surface area contributed by atoms with Crippen molar-refractivity contribution in [1.82, 2.24) is 15.5 Å². The van der Waals surface area contributed by atoms with Gasteiger partial charge in [-0.25, -0.2) is 0 Å². The molecule has 2 aliphatic rings. The maximum atomic E-state index is 4.70. The van der Waals surface area contributed by atoms with Gasteiger partial charge in [0.05, 0.1) is 6.54 Å². The van der Waals surface area contributed by atoms with Crippen LogP contribution in [-0.4, -0.2) is 49.6 Å². The first-order valence-electron chi connectivity index (χ1n) is 7.96. The molecule has 3 atom stereocenters. The number of piperidine rings is 1. The van der Waals surface area contributed by atoms with Crippen molar-refractivity contribution in [3.05, 3.63) is 0 Å². The molecule has 2 rings (SSSR count). The van der Waals surface area contributed by atoms with Crippen molar-refractivity contribution in [3.63, 3.8) is 0 Å². The molecular weight excluding hydrogens is 363 g/mol. The predicted octanol–water partition coefficient (Wildman–Crippen LogP) is 2.30. The number of likely N-dealkylation sites (tertiary alicyclic amines) is 1. The van der Waals surface area contributed by atoms with Crippen LogP contribution in [0.2, 0.25) is 0 Å². The van der Waals surface area contributed by atoms with Crippen molar-refractivity contribution in [1.29, 1.82) is 0 Å². The number of hydrogen-bond donors (Lipinski definition) is 2. The van der Waals surface area contributed by atoms with Crippen LogP contribution in [0.5, 0.6) is 0 Å². The minimum Gasteiger partial charge on any atom is -0.357 e. The van der Waals surface area contributed by atoms with Crippen LogP contribution in [-0.2, 0) is 0 Å². The quantitative estimate of drug-likeness (QED) is 0.427. The number of guanidine groups is 1. The molecule has 1 saturated heterocycles. The van der Waals surface area contributed by atoms with Gasteiger partial charge in [-0.05, 0) is 44.6 Å². The van der Waals surface area contributed by atoms with E-state index in [0.717, 1.165) is 37.4 Å². The second-order valence-electron chi connectivity index (χ2n) is 6.27. The van der Waals surface area contributed by atoms with E-state index >= 15 is 0 Å². The molecule has 1 aliphatic carbocycles. The van der Waals surface area contributed by atoms with Crippen molar-refractivity contribution < 1.29 is 0 Å². The first-order chi connectivity index (χ1) is 9.19. The van der Waals surface area contributed by atoms with Gasteiger partial charge in [-0.3, -0.25) is 4.99 Å². The first kappa shape index (κ1) is 18.0. The largest absolute Gasteiger partial charge is 0.357 e. The highest BCUT2D eigenvalue weighted by molar-refractivity contribution is 14.0. The van der Waals surface area contributed by atoms with Crippen LogP contribution in [0.15, 0.2) is 4.99 Å². The van der Waals surface area contributed by atoms with E-state index in [0.29, 0.717) is 6.04 Å². The molecule has 0 aromatic heterocycles. The van der Waals surface area contributed by atoms with Crippen LogP contribution in [0.3, 0.4) is 0 Å². The van der Waals surface area contributed by atoms with Crippen LogP contribution in [0.1, 0.15) is 40.0 Å². The Morgan fingerprint density at radius 1 is 1.35 bits per heavy atom. The molecule has 20 heavy (non-hydrogen) atoms. The third-order valence-electron chi connectivity index (χ3n) is 4.20. The van der Waals surface area contributed by atoms with Gasteiger partial charge in [-0.15, -0.1) is 24.0 Å². The molecule has 0 amide bonds. The topological polar surface area (TPSA) is 39.7 Å². The molecule has 0 radical (unpaired) electrons. The minimum atomic E-state index is 0. The Balaban J connectivity index is 0.00000200. The minimum absolute atomic E-state index is 0. The third kappa shape index (κ3) is 6.16. The molecule has 1 saturated carbocycles. The first-order valence-corrected chi connectivity index (χ1v) is 7.96. The number of nitrogens with one attached hydrogen (secondary N) is 2. The molecule has 1 heterocycles. The summed E-state index contributed by atoms with van der Waals surface area (Å²) >= 11 is 0. The fraction of sp³-hybridized carbons (Fsp3) is 0.933. The van der Waals surface area contributed by atoms with Gasteiger partial charge in [0.25, 0.3) is 0 Å². The van der Waals surface area contributed by atoms with Gasteiger partial charge in [0.15, 0.2) is 5.96 Å². The lowest BCUT2D eigenvalue weighted by Crippen LogP contribution is -2.40. The molecule has 5 heteroatoms. The van der Waals surface area contributed by atoms with Gasteiger partial charge in [-0.1, -0.05) is 13.8 Å². The summed E-state index contributed by atoms with van der Waals surface area (Å²) in [5.41, 5.74) is 0. The van der Waals surface area contributed by atoms with Crippen LogP contribution in [0, 0.1) is 11.8 Å². The monoisotopic (exact) mass is 394 g/mol. The van der Waals surface area contributed by atoms with Gasteiger partial charge >= 0.3 is 0 Å². The lowest BCUT2D eigenvalue weighted by Gasteiger charge is -2.30. The van der Waals surface area contributed by atoms with Gasteiger partial charge in [0, 0.05) is 25.7 Å². The highest BCUT2D eigenvalue weighted by Crippen LogP contribution is 2.28. The summed E-state index contributed by atoms with van der Waals surface area (Å²) in [6, 6.07) is 0.646. The summed E-state index contributed by atoms with van der Waals surface area (Å²) in [5, 5.41) is 6.85. The zero-order chi connectivity index (χ0) is 13.7. The molecule has 118 valence electrons. The zero-order valence-electron chi connectivity index (χ0n) is 13.2. The number of aliphatic imine (C=N–C) groups is 1. The van der Waals surface area contributed by atoms with E-state index < -0.39 is 0 Å². The van der Waals surface area contributed by atoms with E-state index in [9.17, 15) is 0 Å². The van der Waals surface area contributed by atoms with Crippen molar-refractivity contribution in [2.75, 3.05) is 32.7 Å². The molecule has 3 unspecified atom stereocenters. The SMILES string of the molecule is CCNC(=NCCN1CCCC(C)C1)NC1CC1C.I. The van der Waals surface area contributed by atoms with Crippen LogP contribution in [0.25, 0.3) is 0 Å². The third-order valence-corrected chi connectivity index (χ3v) is 4.20. The highest BCUT2D eigenvalue weighted by Gasteiger charge is 2.33. The Morgan fingerprint density at radius 3 is 2.70 bits per heavy atom. The molecule has 0 aromatic carbocycles. The van der Waals surface area contributed by atoms with E-state index in [1.165, 1.54) is 32.4 Å². The van der Waals surface area contributed by atoms with Gasteiger partial charge < -0.3 is 15.5 Å². The smallest absolute Gasteiger partial charge is 0.191 e. The predicted molar refractivity (Wildman–Crippen MR) is 96.9 cm³/mol. The molecule has 0 aromatic rings. The molecule has 2 fully saturated rings. The van der Waals surface area contributed by atoms with Gasteiger partial charge in [-0.2, -0.15) is 0 Å². The van der Waals surface area contributed by atoms with Crippen molar-refractivity contribution in [2.24, 2.45) is 16.8 Å².